The molecule has 3 rings (SSSR count). The highest BCUT2D eigenvalue weighted by Crippen LogP contribution is 2.38. The van der Waals surface area contributed by atoms with E-state index in [1.807, 2.05) is 13.8 Å². The molecule has 0 bridgehead atoms. The van der Waals surface area contributed by atoms with E-state index in [0.717, 1.165) is 12.0 Å². The number of hydrogen-bond acceptors (Lipinski definition) is 8. The zero-order valence-electron chi connectivity index (χ0n) is 21.5. The molecule has 3 aromatic carbocycles. The molecule has 0 saturated carbocycles. The summed E-state index contributed by atoms with van der Waals surface area (Å²) in [5, 5.41) is 3.97. The monoisotopic (exact) mass is 560 g/mol. The Morgan fingerprint density at radius 3 is 2.39 bits per heavy atom. The van der Waals surface area contributed by atoms with Crippen LogP contribution >= 0.6 is 11.6 Å². The van der Waals surface area contributed by atoms with Crippen molar-refractivity contribution in [1.29, 1.82) is 0 Å². The first-order chi connectivity index (χ1) is 18.2. The highest BCUT2D eigenvalue weighted by Gasteiger charge is 2.22. The van der Waals surface area contributed by atoms with Crippen molar-refractivity contribution in [3.8, 4) is 23.0 Å². The lowest BCUT2D eigenvalue weighted by Gasteiger charge is -2.14. The SMILES string of the molecule is CCCOc1ccc(C(=O)N/N=C/c2cc(Cl)c(OS(=O)(=O)c3ccc(C)cc3)c(OCC)c2)cc1OC. The first-order valence-corrected chi connectivity index (χ1v) is 13.6. The molecule has 0 aromatic heterocycles. The van der Waals surface area contributed by atoms with Gasteiger partial charge < -0.3 is 18.4 Å². The van der Waals surface area contributed by atoms with Gasteiger partial charge in [-0.3, -0.25) is 4.79 Å². The molecule has 0 aliphatic heterocycles. The van der Waals surface area contributed by atoms with Crippen molar-refractivity contribution in [3.05, 3.63) is 76.3 Å². The second kappa shape index (κ2) is 13.2. The van der Waals surface area contributed by atoms with Crippen molar-refractivity contribution in [2.24, 2.45) is 5.10 Å². The number of halogens is 1. The van der Waals surface area contributed by atoms with Crippen LogP contribution in [0, 0.1) is 6.92 Å². The van der Waals surface area contributed by atoms with E-state index in [-0.39, 0.29) is 28.0 Å². The maximum atomic E-state index is 12.8. The lowest BCUT2D eigenvalue weighted by Crippen LogP contribution is -2.17. The molecule has 0 fully saturated rings. The van der Waals surface area contributed by atoms with E-state index in [1.165, 1.54) is 37.6 Å². The number of methoxy groups -OCH3 is 1. The van der Waals surface area contributed by atoms with Gasteiger partial charge >= 0.3 is 10.1 Å². The van der Waals surface area contributed by atoms with Gasteiger partial charge in [-0.25, -0.2) is 5.43 Å². The Labute approximate surface area is 227 Å². The van der Waals surface area contributed by atoms with Crippen molar-refractivity contribution in [2.45, 2.75) is 32.1 Å². The van der Waals surface area contributed by atoms with Gasteiger partial charge in [-0.05, 0) is 68.3 Å². The topological polar surface area (TPSA) is 113 Å². The minimum atomic E-state index is -4.15. The fraction of sp³-hybridized carbons (Fsp3) is 0.259. The second-order valence-corrected chi connectivity index (χ2v) is 9.98. The van der Waals surface area contributed by atoms with E-state index in [0.29, 0.717) is 29.2 Å². The zero-order chi connectivity index (χ0) is 27.7. The van der Waals surface area contributed by atoms with Crippen LogP contribution in [-0.2, 0) is 10.1 Å². The van der Waals surface area contributed by atoms with Crippen LogP contribution in [0.4, 0.5) is 0 Å². The summed E-state index contributed by atoms with van der Waals surface area (Å²) < 4.78 is 47.4. The van der Waals surface area contributed by atoms with Crippen LogP contribution in [0.15, 0.2) is 64.6 Å². The summed E-state index contributed by atoms with van der Waals surface area (Å²) in [7, 11) is -2.66. The number of aryl methyl sites for hydroxylation is 1. The van der Waals surface area contributed by atoms with Crippen molar-refractivity contribution >= 4 is 33.8 Å². The number of hydrogen-bond donors (Lipinski definition) is 1. The maximum Gasteiger partial charge on any atom is 0.339 e. The molecule has 9 nitrogen and oxygen atoms in total. The van der Waals surface area contributed by atoms with Crippen LogP contribution in [0.5, 0.6) is 23.0 Å². The number of ether oxygens (including phenoxy) is 3. The summed E-state index contributed by atoms with van der Waals surface area (Å²) in [5.41, 5.74) is 4.11. The van der Waals surface area contributed by atoms with Gasteiger partial charge in [0.1, 0.15) is 4.90 Å². The second-order valence-electron chi connectivity index (χ2n) is 8.03. The van der Waals surface area contributed by atoms with E-state index >= 15 is 0 Å². The summed E-state index contributed by atoms with van der Waals surface area (Å²) in [6.07, 6.45) is 2.19. The smallest absolute Gasteiger partial charge is 0.339 e. The van der Waals surface area contributed by atoms with Gasteiger partial charge in [-0.1, -0.05) is 36.2 Å². The van der Waals surface area contributed by atoms with Gasteiger partial charge in [0.15, 0.2) is 17.2 Å². The zero-order valence-corrected chi connectivity index (χ0v) is 23.1. The molecule has 0 spiro atoms. The van der Waals surface area contributed by atoms with E-state index in [9.17, 15) is 13.2 Å². The van der Waals surface area contributed by atoms with E-state index in [2.05, 4.69) is 10.5 Å². The minimum Gasteiger partial charge on any atom is -0.493 e. The molecule has 11 heteroatoms. The summed E-state index contributed by atoms with van der Waals surface area (Å²) in [6, 6.07) is 14.0. The van der Waals surface area contributed by atoms with Gasteiger partial charge in [0.05, 0.1) is 31.6 Å². The number of hydrazone groups is 1. The number of carbonyl (C=O) groups is 1. The third kappa shape index (κ3) is 7.39. The highest BCUT2D eigenvalue weighted by atomic mass is 35.5. The molecular weight excluding hydrogens is 532 g/mol. The molecule has 202 valence electrons. The number of rotatable bonds is 12. The highest BCUT2D eigenvalue weighted by molar-refractivity contribution is 7.87. The summed E-state index contributed by atoms with van der Waals surface area (Å²) in [6.45, 7) is 6.33. The average Bonchev–Trinajstić information content (AvgIpc) is 2.89. The van der Waals surface area contributed by atoms with E-state index in [4.69, 9.17) is 30.0 Å². The molecule has 0 aliphatic carbocycles. The molecule has 0 radical (unpaired) electrons. The van der Waals surface area contributed by atoms with Gasteiger partial charge in [0.2, 0.25) is 5.75 Å². The fourth-order valence-electron chi connectivity index (χ4n) is 3.24. The summed E-state index contributed by atoms with van der Waals surface area (Å²) >= 11 is 6.37. The van der Waals surface area contributed by atoms with Crippen molar-refractivity contribution in [1.82, 2.24) is 5.43 Å². The first kappa shape index (κ1) is 28.8. The lowest BCUT2D eigenvalue weighted by molar-refractivity contribution is 0.0954. The van der Waals surface area contributed by atoms with Crippen LogP contribution < -0.4 is 23.8 Å². The Hall–Kier alpha value is -3.76. The average molecular weight is 561 g/mol. The molecule has 0 saturated heterocycles. The molecule has 0 atom stereocenters. The molecular formula is C27H29ClN2O7S. The van der Waals surface area contributed by atoms with Crippen molar-refractivity contribution in [2.75, 3.05) is 20.3 Å². The van der Waals surface area contributed by atoms with Gasteiger partial charge in [0, 0.05) is 5.56 Å². The van der Waals surface area contributed by atoms with Crippen LogP contribution in [0.2, 0.25) is 5.02 Å². The predicted molar refractivity (Wildman–Crippen MR) is 145 cm³/mol. The third-order valence-corrected chi connectivity index (χ3v) is 6.62. The maximum absolute atomic E-state index is 12.8. The number of nitrogens with zero attached hydrogens (tertiary/aromatic N) is 1. The Kier molecular flexibility index (Phi) is 9.98. The molecule has 1 amide bonds. The molecule has 1 N–H and O–H groups in total. The van der Waals surface area contributed by atoms with Crippen LogP contribution in [0.1, 0.15) is 41.8 Å². The standard InChI is InChI=1S/C27H29ClN2O7S/c1-5-13-36-23-12-9-20(16-24(23)34-4)27(31)30-29-17-19-14-22(28)26(25(15-19)35-6-2)37-38(32,33)21-10-7-18(3)8-11-21/h7-12,14-17H,5-6,13H2,1-4H3,(H,30,31)/b29-17+. The van der Waals surface area contributed by atoms with E-state index < -0.39 is 16.0 Å². The van der Waals surface area contributed by atoms with Crippen LogP contribution in [0.3, 0.4) is 0 Å². The predicted octanol–water partition coefficient (Wildman–Crippen LogP) is 5.38. The molecule has 3 aromatic rings. The molecule has 0 unspecified atom stereocenters. The Morgan fingerprint density at radius 1 is 1.00 bits per heavy atom. The number of nitrogens with one attached hydrogen (secondary N) is 1. The largest absolute Gasteiger partial charge is 0.493 e. The van der Waals surface area contributed by atoms with Crippen molar-refractivity contribution in [3.63, 3.8) is 0 Å². The first-order valence-electron chi connectivity index (χ1n) is 11.8. The van der Waals surface area contributed by atoms with E-state index in [1.54, 1.807) is 37.3 Å². The van der Waals surface area contributed by atoms with Crippen LogP contribution in [-0.4, -0.2) is 40.9 Å². The molecule has 38 heavy (non-hydrogen) atoms. The molecule has 0 aliphatic rings. The summed E-state index contributed by atoms with van der Waals surface area (Å²) in [4.78, 5) is 12.6. The fourth-order valence-corrected chi connectivity index (χ4v) is 4.50. The van der Waals surface area contributed by atoms with Gasteiger partial charge in [-0.15, -0.1) is 0 Å². The third-order valence-electron chi connectivity index (χ3n) is 5.10. The summed E-state index contributed by atoms with van der Waals surface area (Å²) in [5.74, 6) is 0.462. The quantitative estimate of drug-likeness (QED) is 0.180. The minimum absolute atomic E-state index is 0.00758. The van der Waals surface area contributed by atoms with Crippen molar-refractivity contribution < 1.29 is 31.6 Å². The van der Waals surface area contributed by atoms with Crippen LogP contribution in [0.25, 0.3) is 0 Å². The Morgan fingerprint density at radius 2 is 1.74 bits per heavy atom. The number of benzene rings is 3. The van der Waals surface area contributed by atoms with Gasteiger partial charge in [-0.2, -0.15) is 13.5 Å². The molecule has 0 heterocycles. The lowest BCUT2D eigenvalue weighted by atomic mass is 10.2. The van der Waals surface area contributed by atoms with Gasteiger partial charge in [0.25, 0.3) is 5.91 Å². The Bertz CT molecular complexity index is 1410. The number of carbonyl (C=O) groups excluding carboxylic acids is 1. The Balaban J connectivity index is 1.77. The normalized spacial score (nSPS) is 11.3. The number of amides is 1.